The first-order valence-corrected chi connectivity index (χ1v) is 7.60. The van der Waals surface area contributed by atoms with Crippen LogP contribution in [-0.2, 0) is 16.6 Å². The molecule has 0 aliphatic heterocycles. The summed E-state index contributed by atoms with van der Waals surface area (Å²) in [4.78, 5) is 0. The summed E-state index contributed by atoms with van der Waals surface area (Å²) >= 11 is 0. The van der Waals surface area contributed by atoms with Crippen LogP contribution in [0.4, 0.5) is 0 Å². The third-order valence-corrected chi connectivity index (χ3v) is 4.17. The number of nitrogens with zero attached hydrogens (tertiary/aromatic N) is 1. The zero-order valence-corrected chi connectivity index (χ0v) is 11.4. The molecule has 1 aromatic rings. The van der Waals surface area contributed by atoms with Gasteiger partial charge in [0.25, 0.3) is 0 Å². The second-order valence-electron chi connectivity index (χ2n) is 3.96. The van der Waals surface area contributed by atoms with E-state index in [1.807, 2.05) is 6.07 Å². The lowest BCUT2D eigenvalue weighted by molar-refractivity contribution is 0.368. The highest BCUT2D eigenvalue weighted by Gasteiger charge is 2.14. The molecule has 0 bridgehead atoms. The maximum Gasteiger partial charge on any atom is 0.211 e. The van der Waals surface area contributed by atoms with Crippen LogP contribution in [0.3, 0.4) is 0 Å². The van der Waals surface area contributed by atoms with Crippen molar-refractivity contribution in [2.45, 2.75) is 46.1 Å². The fraction of sp³-hybridized carbons (Fsp3) is 0.727. The Labute approximate surface area is 103 Å². The van der Waals surface area contributed by atoms with Crippen molar-refractivity contribution >= 4 is 10.0 Å². The number of nitrogens with one attached hydrogen (secondary N) is 1. The van der Waals surface area contributed by atoms with E-state index in [1.54, 1.807) is 6.92 Å². The highest BCUT2D eigenvalue weighted by atomic mass is 32.2. The average Bonchev–Trinajstić information content (AvgIpc) is 2.77. The molecule has 17 heavy (non-hydrogen) atoms. The molecular weight excluding hydrogens is 240 g/mol. The highest BCUT2D eigenvalue weighted by Crippen LogP contribution is 2.22. The first-order chi connectivity index (χ1) is 8.02. The van der Waals surface area contributed by atoms with E-state index in [-0.39, 0.29) is 12.3 Å². The van der Waals surface area contributed by atoms with Crippen molar-refractivity contribution in [1.29, 1.82) is 0 Å². The molecule has 0 atom stereocenters. The van der Waals surface area contributed by atoms with E-state index in [9.17, 15) is 8.42 Å². The van der Waals surface area contributed by atoms with E-state index in [0.29, 0.717) is 11.7 Å². The van der Waals surface area contributed by atoms with Gasteiger partial charge in [0.1, 0.15) is 0 Å². The Morgan fingerprint density at radius 1 is 1.35 bits per heavy atom. The number of rotatable bonds is 7. The molecule has 0 radical (unpaired) electrons. The van der Waals surface area contributed by atoms with Crippen LogP contribution in [0.1, 0.15) is 51.0 Å². The highest BCUT2D eigenvalue weighted by molar-refractivity contribution is 7.89. The van der Waals surface area contributed by atoms with Gasteiger partial charge in [0, 0.05) is 12.0 Å². The van der Waals surface area contributed by atoms with Crippen LogP contribution in [0.5, 0.6) is 0 Å². The zero-order valence-electron chi connectivity index (χ0n) is 10.6. The molecule has 0 aliphatic carbocycles. The van der Waals surface area contributed by atoms with Gasteiger partial charge in [0.05, 0.1) is 18.0 Å². The van der Waals surface area contributed by atoms with Crippen molar-refractivity contribution in [1.82, 2.24) is 9.88 Å². The third-order valence-electron chi connectivity index (χ3n) is 2.83. The van der Waals surface area contributed by atoms with Crippen molar-refractivity contribution in [3.8, 4) is 0 Å². The van der Waals surface area contributed by atoms with Gasteiger partial charge < -0.3 is 4.52 Å². The Morgan fingerprint density at radius 3 is 2.53 bits per heavy atom. The molecule has 1 rings (SSSR count). The standard InChI is InChI=1S/C11H20N2O3S/c1-4-9(5-2)11-7-10(16-13-11)8-12-17(14,15)6-3/h7,9,12H,4-6,8H2,1-3H3. The lowest BCUT2D eigenvalue weighted by atomic mass is 9.99. The van der Waals surface area contributed by atoms with E-state index < -0.39 is 10.0 Å². The molecule has 1 N–H and O–H groups in total. The van der Waals surface area contributed by atoms with Gasteiger partial charge in [-0.05, 0) is 19.8 Å². The summed E-state index contributed by atoms with van der Waals surface area (Å²) in [6.45, 7) is 5.96. The van der Waals surface area contributed by atoms with Gasteiger partial charge in [-0.3, -0.25) is 0 Å². The van der Waals surface area contributed by atoms with E-state index in [1.165, 1.54) is 0 Å². The van der Waals surface area contributed by atoms with Crippen LogP contribution in [0.15, 0.2) is 10.6 Å². The van der Waals surface area contributed by atoms with Gasteiger partial charge >= 0.3 is 0 Å². The minimum atomic E-state index is -3.18. The van der Waals surface area contributed by atoms with Crippen LogP contribution in [-0.4, -0.2) is 19.3 Å². The van der Waals surface area contributed by atoms with Gasteiger partial charge in [-0.25, -0.2) is 13.1 Å². The summed E-state index contributed by atoms with van der Waals surface area (Å²) in [5.41, 5.74) is 0.903. The fourth-order valence-electron chi connectivity index (χ4n) is 1.59. The topological polar surface area (TPSA) is 72.2 Å². The number of hydrogen-bond acceptors (Lipinski definition) is 4. The second kappa shape index (κ2) is 6.16. The summed E-state index contributed by atoms with van der Waals surface area (Å²) in [6.07, 6.45) is 2.01. The van der Waals surface area contributed by atoms with Crippen molar-refractivity contribution in [2.24, 2.45) is 0 Å². The molecule has 6 heteroatoms. The molecule has 5 nitrogen and oxygen atoms in total. The first kappa shape index (κ1) is 14.2. The average molecular weight is 260 g/mol. The second-order valence-corrected chi connectivity index (χ2v) is 6.05. The third kappa shape index (κ3) is 4.12. The first-order valence-electron chi connectivity index (χ1n) is 5.95. The van der Waals surface area contributed by atoms with Crippen LogP contribution in [0.2, 0.25) is 0 Å². The van der Waals surface area contributed by atoms with Crippen LogP contribution in [0.25, 0.3) is 0 Å². The molecule has 0 aromatic carbocycles. The van der Waals surface area contributed by atoms with Gasteiger partial charge in [-0.15, -0.1) is 0 Å². The molecule has 0 unspecified atom stereocenters. The smallest absolute Gasteiger partial charge is 0.211 e. The number of hydrogen-bond donors (Lipinski definition) is 1. The van der Waals surface area contributed by atoms with Gasteiger partial charge in [-0.1, -0.05) is 19.0 Å². The summed E-state index contributed by atoms with van der Waals surface area (Å²) < 4.78 is 30.1. The number of sulfonamides is 1. The van der Waals surface area contributed by atoms with Crippen molar-refractivity contribution in [3.05, 3.63) is 17.5 Å². The van der Waals surface area contributed by atoms with E-state index >= 15 is 0 Å². The van der Waals surface area contributed by atoms with Crippen LogP contribution in [0, 0.1) is 0 Å². The normalized spacial score (nSPS) is 12.2. The Hall–Kier alpha value is -0.880. The minimum absolute atomic E-state index is 0.0700. The van der Waals surface area contributed by atoms with Gasteiger partial charge in [-0.2, -0.15) is 0 Å². The summed E-state index contributed by atoms with van der Waals surface area (Å²) in [7, 11) is -3.18. The zero-order chi connectivity index (χ0) is 12.9. The van der Waals surface area contributed by atoms with E-state index in [4.69, 9.17) is 4.52 Å². The molecule has 0 aliphatic rings. The lowest BCUT2D eigenvalue weighted by Crippen LogP contribution is -2.24. The van der Waals surface area contributed by atoms with E-state index in [0.717, 1.165) is 18.5 Å². The monoisotopic (exact) mass is 260 g/mol. The molecule has 0 fully saturated rings. The Kier molecular flexibility index (Phi) is 5.14. The maximum absolute atomic E-state index is 11.3. The molecule has 0 spiro atoms. The lowest BCUT2D eigenvalue weighted by Gasteiger charge is -2.05. The molecule has 98 valence electrons. The Morgan fingerprint density at radius 2 is 2.00 bits per heavy atom. The largest absolute Gasteiger partial charge is 0.360 e. The van der Waals surface area contributed by atoms with Crippen molar-refractivity contribution < 1.29 is 12.9 Å². The Bertz CT molecular complexity index is 435. The molecule has 0 saturated heterocycles. The van der Waals surface area contributed by atoms with Crippen molar-refractivity contribution in [3.63, 3.8) is 0 Å². The molecule has 0 saturated carbocycles. The molecule has 0 amide bonds. The summed E-state index contributed by atoms with van der Waals surface area (Å²) in [6, 6.07) is 1.83. The predicted molar refractivity (Wildman–Crippen MR) is 66.1 cm³/mol. The molecule has 1 aromatic heterocycles. The van der Waals surface area contributed by atoms with Gasteiger partial charge in [0.15, 0.2) is 5.76 Å². The molecular formula is C11H20N2O3S. The van der Waals surface area contributed by atoms with Gasteiger partial charge in [0.2, 0.25) is 10.0 Å². The Balaban J connectivity index is 2.63. The predicted octanol–water partition coefficient (Wildman–Crippen LogP) is 2.02. The summed E-state index contributed by atoms with van der Waals surface area (Å²) in [5, 5.41) is 3.97. The summed E-state index contributed by atoms with van der Waals surface area (Å²) in [5.74, 6) is 1.01. The molecule has 1 heterocycles. The van der Waals surface area contributed by atoms with Crippen LogP contribution < -0.4 is 4.72 Å². The quantitative estimate of drug-likeness (QED) is 0.814. The van der Waals surface area contributed by atoms with E-state index in [2.05, 4.69) is 23.7 Å². The fourth-order valence-corrected chi connectivity index (χ4v) is 2.16. The minimum Gasteiger partial charge on any atom is -0.360 e. The maximum atomic E-state index is 11.3. The van der Waals surface area contributed by atoms with Crippen molar-refractivity contribution in [2.75, 3.05) is 5.75 Å². The van der Waals surface area contributed by atoms with Crippen LogP contribution >= 0.6 is 0 Å². The SMILES string of the molecule is CCC(CC)c1cc(CNS(=O)(=O)CC)on1. The number of aromatic nitrogens is 1.